The van der Waals surface area contributed by atoms with Gasteiger partial charge >= 0.3 is 10.4 Å². The van der Waals surface area contributed by atoms with Crippen molar-refractivity contribution in [2.45, 2.75) is 275 Å². The molecule has 13 nitrogen and oxygen atoms in total. The van der Waals surface area contributed by atoms with Gasteiger partial charge in [0.15, 0.2) is 6.29 Å². The molecule has 1 rings (SSSR count). The first-order valence-electron chi connectivity index (χ1n) is 26.5. The first kappa shape index (κ1) is 62.3. The zero-order valence-corrected chi connectivity index (χ0v) is 42.2. The van der Waals surface area contributed by atoms with Gasteiger partial charge in [0.25, 0.3) is 0 Å². The number of allylic oxidation sites excluding steroid dienone is 5. The average Bonchev–Trinajstić information content (AvgIpc) is 3.29. The van der Waals surface area contributed by atoms with Crippen molar-refractivity contribution in [3.63, 3.8) is 0 Å². The number of aliphatic hydroxyl groups is 5. The lowest BCUT2D eigenvalue weighted by Gasteiger charge is -2.41. The van der Waals surface area contributed by atoms with Gasteiger partial charge in [-0.3, -0.25) is 9.35 Å². The maximum absolute atomic E-state index is 13.2. The zero-order valence-electron chi connectivity index (χ0n) is 41.4. The molecule has 8 atom stereocenters. The third-order valence-corrected chi connectivity index (χ3v) is 13.0. The number of carbonyl (C=O) groups excluding carboxylic acids is 1. The standard InChI is InChI=1S/C52H97NO12S/c1-3-5-7-9-11-13-15-17-19-21-22-23-24-25-27-28-30-32-34-36-38-40-45(55)44(43-63-52-49(58)50(65-66(60,61)62)48(57)47(42-54)64-52)53-51(59)46(56)41-39-37-35-33-31-29-26-20-18-16-14-12-10-8-6-4-2/h12,14,18,20,38,40,44-50,52,54-58H,3-11,13,15-17,19,21-37,39,41-43H2,1-2H3,(H,53,59)(H,60,61,62)/b14-12-,20-18-,40-38+. The van der Waals surface area contributed by atoms with Crippen molar-refractivity contribution in [3.8, 4) is 0 Å². The minimum Gasteiger partial charge on any atom is -0.394 e. The normalized spacial score (nSPS) is 20.8. The minimum absolute atomic E-state index is 0.231. The van der Waals surface area contributed by atoms with E-state index in [0.717, 1.165) is 70.6 Å². The van der Waals surface area contributed by atoms with Crippen LogP contribution in [0.2, 0.25) is 0 Å². The van der Waals surface area contributed by atoms with Crippen LogP contribution in [0.5, 0.6) is 0 Å². The Morgan fingerprint density at radius 1 is 0.621 bits per heavy atom. The van der Waals surface area contributed by atoms with Crippen LogP contribution in [0, 0.1) is 0 Å². The summed E-state index contributed by atoms with van der Waals surface area (Å²) in [5.41, 5.74) is 0. The zero-order chi connectivity index (χ0) is 48.5. The third kappa shape index (κ3) is 33.7. The van der Waals surface area contributed by atoms with Crippen molar-refractivity contribution < 1.29 is 57.0 Å². The molecule has 14 heteroatoms. The number of rotatable bonds is 45. The number of hydrogen-bond acceptors (Lipinski definition) is 11. The SMILES string of the molecule is CCCCC/C=C\C/C=C\CCCCCCCCC(O)C(=O)NC(COC1OC(CO)C(O)C(OS(=O)(=O)O)C1O)C(O)/C=C/CCCCCCCCCCCCCCCCCCCCC. The molecule has 1 fully saturated rings. The summed E-state index contributed by atoms with van der Waals surface area (Å²) >= 11 is 0. The highest BCUT2D eigenvalue weighted by molar-refractivity contribution is 7.80. The molecule has 1 heterocycles. The molecule has 1 aliphatic heterocycles. The molecule has 7 N–H and O–H groups in total. The highest BCUT2D eigenvalue weighted by atomic mass is 32.3. The summed E-state index contributed by atoms with van der Waals surface area (Å²) in [6, 6.07) is -1.12. The lowest BCUT2D eigenvalue weighted by molar-refractivity contribution is -0.298. The van der Waals surface area contributed by atoms with Gasteiger partial charge in [-0.05, 0) is 51.4 Å². The molecule has 0 bridgehead atoms. The van der Waals surface area contributed by atoms with E-state index < -0.39 is 78.5 Å². The van der Waals surface area contributed by atoms with Gasteiger partial charge in [-0.1, -0.05) is 211 Å². The van der Waals surface area contributed by atoms with Gasteiger partial charge in [-0.2, -0.15) is 8.42 Å². The van der Waals surface area contributed by atoms with Crippen LogP contribution in [0.1, 0.15) is 226 Å². The van der Waals surface area contributed by atoms with Crippen molar-refractivity contribution in [2.75, 3.05) is 13.2 Å². The Balaban J connectivity index is 2.51. The summed E-state index contributed by atoms with van der Waals surface area (Å²) < 4.78 is 47.7. The quantitative estimate of drug-likeness (QED) is 0.0173. The van der Waals surface area contributed by atoms with Gasteiger partial charge in [-0.15, -0.1) is 0 Å². The maximum atomic E-state index is 13.2. The van der Waals surface area contributed by atoms with Crippen LogP contribution in [-0.4, -0.2) is 107 Å². The summed E-state index contributed by atoms with van der Waals surface area (Å²) in [6.45, 7) is 3.21. The Bertz CT molecular complexity index is 1330. The van der Waals surface area contributed by atoms with Crippen LogP contribution >= 0.6 is 0 Å². The van der Waals surface area contributed by atoms with Crippen LogP contribution in [-0.2, 0) is 28.9 Å². The molecule has 0 aromatic rings. The summed E-state index contributed by atoms with van der Waals surface area (Å²) in [7, 11) is -5.12. The number of nitrogens with one attached hydrogen (secondary N) is 1. The molecule has 1 saturated heterocycles. The Labute approximate surface area is 401 Å². The molecule has 1 amide bonds. The second-order valence-electron chi connectivity index (χ2n) is 18.6. The van der Waals surface area contributed by atoms with Crippen molar-refractivity contribution in [1.29, 1.82) is 0 Å². The summed E-state index contributed by atoms with van der Waals surface area (Å²) in [5, 5.41) is 55.4. The Kier molecular flexibility index (Phi) is 39.8. The summed E-state index contributed by atoms with van der Waals surface area (Å²) in [4.78, 5) is 13.2. The van der Waals surface area contributed by atoms with E-state index >= 15 is 0 Å². The van der Waals surface area contributed by atoms with Gasteiger partial charge in [0.2, 0.25) is 5.91 Å². The smallest absolute Gasteiger partial charge is 0.394 e. The van der Waals surface area contributed by atoms with E-state index in [1.54, 1.807) is 6.08 Å². The lowest BCUT2D eigenvalue weighted by Crippen LogP contribution is -2.61. The van der Waals surface area contributed by atoms with Crippen LogP contribution in [0.15, 0.2) is 36.5 Å². The molecule has 0 saturated carbocycles. The van der Waals surface area contributed by atoms with E-state index in [2.05, 4.69) is 47.7 Å². The first-order chi connectivity index (χ1) is 31.9. The molecule has 388 valence electrons. The van der Waals surface area contributed by atoms with E-state index in [1.165, 1.54) is 122 Å². The molecular weight excluding hydrogens is 863 g/mol. The number of carbonyl (C=O) groups is 1. The average molecular weight is 960 g/mol. The molecule has 1 aliphatic rings. The minimum atomic E-state index is -5.12. The Hall–Kier alpha value is -1.72. The topological polar surface area (TPSA) is 212 Å². The van der Waals surface area contributed by atoms with Crippen LogP contribution < -0.4 is 5.32 Å². The van der Waals surface area contributed by atoms with E-state index in [9.17, 15) is 43.3 Å². The number of aliphatic hydroxyl groups excluding tert-OH is 5. The molecule has 0 aromatic heterocycles. The molecule has 66 heavy (non-hydrogen) atoms. The van der Waals surface area contributed by atoms with E-state index in [0.29, 0.717) is 12.8 Å². The summed E-state index contributed by atoms with van der Waals surface area (Å²) in [5.74, 6) is -0.709. The van der Waals surface area contributed by atoms with E-state index in [-0.39, 0.29) is 6.42 Å². The first-order valence-corrected chi connectivity index (χ1v) is 27.8. The van der Waals surface area contributed by atoms with Crippen LogP contribution in [0.25, 0.3) is 0 Å². The molecule has 0 aromatic carbocycles. The molecular formula is C52H97NO12S. The van der Waals surface area contributed by atoms with Crippen molar-refractivity contribution in [2.24, 2.45) is 0 Å². The lowest BCUT2D eigenvalue weighted by atomic mass is 9.99. The molecule has 8 unspecified atom stereocenters. The second-order valence-corrected chi connectivity index (χ2v) is 19.7. The maximum Gasteiger partial charge on any atom is 0.397 e. The van der Waals surface area contributed by atoms with Crippen LogP contribution in [0.4, 0.5) is 0 Å². The van der Waals surface area contributed by atoms with Crippen LogP contribution in [0.3, 0.4) is 0 Å². The highest BCUT2D eigenvalue weighted by Gasteiger charge is 2.48. The van der Waals surface area contributed by atoms with E-state index in [4.69, 9.17) is 9.47 Å². The highest BCUT2D eigenvalue weighted by Crippen LogP contribution is 2.26. The Morgan fingerprint density at radius 3 is 1.52 bits per heavy atom. The Morgan fingerprint density at radius 2 is 1.05 bits per heavy atom. The second kappa shape index (κ2) is 42.2. The van der Waals surface area contributed by atoms with Crippen molar-refractivity contribution >= 4 is 16.3 Å². The fraction of sp³-hybridized carbons (Fsp3) is 0.865. The van der Waals surface area contributed by atoms with Gasteiger partial charge in [-0.25, -0.2) is 4.18 Å². The predicted molar refractivity (Wildman–Crippen MR) is 265 cm³/mol. The van der Waals surface area contributed by atoms with Gasteiger partial charge in [0, 0.05) is 0 Å². The molecule has 0 spiro atoms. The number of unbranched alkanes of at least 4 members (excludes halogenated alkanes) is 28. The third-order valence-electron chi connectivity index (χ3n) is 12.5. The number of hydrogen-bond donors (Lipinski definition) is 7. The van der Waals surface area contributed by atoms with Crippen molar-refractivity contribution in [1.82, 2.24) is 5.32 Å². The summed E-state index contributed by atoms with van der Waals surface area (Å²) in [6.07, 6.45) is 39.3. The number of amides is 1. The predicted octanol–water partition coefficient (Wildman–Crippen LogP) is 10.4. The largest absolute Gasteiger partial charge is 0.397 e. The fourth-order valence-electron chi connectivity index (χ4n) is 8.32. The van der Waals surface area contributed by atoms with Gasteiger partial charge in [0.1, 0.15) is 30.5 Å². The van der Waals surface area contributed by atoms with Crippen molar-refractivity contribution in [3.05, 3.63) is 36.5 Å². The van der Waals surface area contributed by atoms with E-state index in [1.807, 2.05) is 6.08 Å². The van der Waals surface area contributed by atoms with Gasteiger partial charge < -0.3 is 40.3 Å². The molecule has 0 aliphatic carbocycles. The molecule has 0 radical (unpaired) electrons. The number of ether oxygens (including phenoxy) is 2. The fourth-order valence-corrected chi connectivity index (χ4v) is 8.82. The van der Waals surface area contributed by atoms with Gasteiger partial charge in [0.05, 0.1) is 25.4 Å². The monoisotopic (exact) mass is 960 g/mol.